The Hall–Kier alpha value is -0.850. The zero-order chi connectivity index (χ0) is 15.5. The number of rotatable bonds is 1. The molecule has 0 aliphatic heterocycles. The minimum Gasteiger partial charge on any atom is -0.295 e. The van der Waals surface area contributed by atoms with Crippen LogP contribution in [0.15, 0.2) is 23.3 Å². The molecule has 1 nitrogen and oxygen atoms in total. The van der Waals surface area contributed by atoms with Gasteiger partial charge in [-0.1, -0.05) is 38.0 Å². The van der Waals surface area contributed by atoms with Gasteiger partial charge in [0.25, 0.3) is 0 Å². The zero-order valence-electron chi connectivity index (χ0n) is 14.4. The molecule has 0 radical (unpaired) electrons. The summed E-state index contributed by atoms with van der Waals surface area (Å²) in [7, 11) is 0. The van der Waals surface area contributed by atoms with E-state index in [2.05, 4.69) is 26.8 Å². The number of fused-ring (bicyclic) bond motifs is 5. The van der Waals surface area contributed by atoms with Crippen molar-refractivity contribution in [3.63, 3.8) is 0 Å². The highest BCUT2D eigenvalue weighted by Crippen LogP contribution is 2.63. The molecule has 4 aliphatic rings. The molecule has 0 aromatic carbocycles. The number of ketones is 1. The first-order chi connectivity index (χ1) is 10.5. The highest BCUT2D eigenvalue weighted by Gasteiger charge is 2.54. The standard InChI is InChI=1S/C21H30O/c1-4-14-5-7-18-17-8-6-15-12-16(22)9-10-21(15,3)19(17)11-13(2)20(14)18/h5,12-13,17-20H,4,6-11H2,1-3H3/t13-,17?,18?,19?,20?,21+/m1/s1. The van der Waals surface area contributed by atoms with Crippen LogP contribution in [-0.4, -0.2) is 5.78 Å². The lowest BCUT2D eigenvalue weighted by Gasteiger charge is -2.56. The van der Waals surface area contributed by atoms with Crippen LogP contribution in [0.25, 0.3) is 0 Å². The fraction of sp³-hybridized carbons (Fsp3) is 0.762. The van der Waals surface area contributed by atoms with E-state index in [0.717, 1.165) is 42.4 Å². The molecule has 4 unspecified atom stereocenters. The molecule has 0 bridgehead atoms. The lowest BCUT2D eigenvalue weighted by atomic mass is 9.48. The van der Waals surface area contributed by atoms with Gasteiger partial charge in [0.15, 0.2) is 5.78 Å². The Kier molecular flexibility index (Phi) is 3.40. The first-order valence-electron chi connectivity index (χ1n) is 9.47. The number of hydrogen-bond acceptors (Lipinski definition) is 1. The van der Waals surface area contributed by atoms with E-state index in [0.29, 0.717) is 11.2 Å². The summed E-state index contributed by atoms with van der Waals surface area (Å²) in [5.41, 5.74) is 3.57. The van der Waals surface area contributed by atoms with Gasteiger partial charge in [-0.2, -0.15) is 0 Å². The second-order valence-electron chi connectivity index (χ2n) is 8.63. The average Bonchev–Trinajstić information content (AvgIpc) is 2.94. The molecule has 0 aromatic rings. The summed E-state index contributed by atoms with van der Waals surface area (Å²) >= 11 is 0. The molecule has 0 aromatic heterocycles. The lowest BCUT2D eigenvalue weighted by molar-refractivity contribution is -0.117. The Balaban J connectivity index is 1.68. The molecule has 0 amide bonds. The van der Waals surface area contributed by atoms with Crippen LogP contribution in [0.5, 0.6) is 0 Å². The number of carbonyl (C=O) groups excluding carboxylic acids is 1. The highest BCUT2D eigenvalue weighted by atomic mass is 16.1. The number of carbonyl (C=O) groups is 1. The molecule has 0 heterocycles. The first-order valence-corrected chi connectivity index (χ1v) is 9.47. The Morgan fingerprint density at radius 1 is 1.27 bits per heavy atom. The van der Waals surface area contributed by atoms with Gasteiger partial charge in [0, 0.05) is 6.42 Å². The van der Waals surface area contributed by atoms with Crippen LogP contribution in [-0.2, 0) is 4.79 Å². The Morgan fingerprint density at radius 3 is 2.86 bits per heavy atom. The van der Waals surface area contributed by atoms with Crippen molar-refractivity contribution < 1.29 is 4.79 Å². The van der Waals surface area contributed by atoms with Crippen molar-refractivity contribution >= 4 is 5.78 Å². The van der Waals surface area contributed by atoms with Crippen molar-refractivity contribution in [1.29, 1.82) is 0 Å². The molecule has 4 aliphatic carbocycles. The van der Waals surface area contributed by atoms with Crippen molar-refractivity contribution in [3.05, 3.63) is 23.3 Å². The van der Waals surface area contributed by atoms with Crippen LogP contribution in [0.2, 0.25) is 0 Å². The molecule has 6 atom stereocenters. The molecule has 22 heavy (non-hydrogen) atoms. The quantitative estimate of drug-likeness (QED) is 0.599. The molecule has 0 spiro atoms. The third kappa shape index (κ3) is 1.93. The third-order valence-electron chi connectivity index (χ3n) is 7.78. The minimum atomic E-state index is 0.324. The van der Waals surface area contributed by atoms with Crippen LogP contribution >= 0.6 is 0 Å². The minimum absolute atomic E-state index is 0.324. The SMILES string of the molecule is CCC1=CCC2C3CCC4=CC(=O)CC[C@]4(C)C3C[C@@H](C)C12. The van der Waals surface area contributed by atoms with Crippen LogP contribution in [0.1, 0.15) is 65.7 Å². The van der Waals surface area contributed by atoms with Gasteiger partial charge < -0.3 is 0 Å². The van der Waals surface area contributed by atoms with E-state index in [4.69, 9.17) is 0 Å². The van der Waals surface area contributed by atoms with Crippen molar-refractivity contribution in [1.82, 2.24) is 0 Å². The number of hydrogen-bond donors (Lipinski definition) is 0. The predicted octanol–water partition coefficient (Wildman–Crippen LogP) is 5.32. The summed E-state index contributed by atoms with van der Waals surface area (Å²) in [6, 6.07) is 0. The lowest BCUT2D eigenvalue weighted by Crippen LogP contribution is -2.49. The fourth-order valence-electron chi connectivity index (χ4n) is 6.70. The first kappa shape index (κ1) is 14.7. The molecule has 1 heteroatoms. The second kappa shape index (κ2) is 5.08. The van der Waals surface area contributed by atoms with Gasteiger partial charge in [-0.3, -0.25) is 4.79 Å². The van der Waals surface area contributed by atoms with Crippen LogP contribution in [0, 0.1) is 35.0 Å². The normalized spacial score (nSPS) is 47.2. The molecule has 120 valence electrons. The maximum Gasteiger partial charge on any atom is 0.155 e. The van der Waals surface area contributed by atoms with Crippen molar-refractivity contribution in [2.45, 2.75) is 65.7 Å². The highest BCUT2D eigenvalue weighted by molar-refractivity contribution is 5.91. The van der Waals surface area contributed by atoms with Crippen molar-refractivity contribution in [2.24, 2.45) is 35.0 Å². The van der Waals surface area contributed by atoms with Gasteiger partial charge in [0.2, 0.25) is 0 Å². The average molecular weight is 298 g/mol. The Bertz CT molecular complexity index is 554. The molecule has 2 fully saturated rings. The van der Waals surface area contributed by atoms with E-state index in [1.807, 2.05) is 6.08 Å². The van der Waals surface area contributed by atoms with Crippen molar-refractivity contribution in [3.8, 4) is 0 Å². The second-order valence-corrected chi connectivity index (χ2v) is 8.63. The molecular formula is C21H30O. The van der Waals surface area contributed by atoms with Gasteiger partial charge in [-0.05, 0) is 79.6 Å². The van der Waals surface area contributed by atoms with Crippen molar-refractivity contribution in [2.75, 3.05) is 0 Å². The van der Waals surface area contributed by atoms with E-state index in [9.17, 15) is 4.79 Å². The molecule has 0 saturated heterocycles. The predicted molar refractivity (Wildman–Crippen MR) is 90.4 cm³/mol. The Labute approximate surface area is 135 Å². The van der Waals surface area contributed by atoms with Gasteiger partial charge in [0.05, 0.1) is 0 Å². The van der Waals surface area contributed by atoms with E-state index in [-0.39, 0.29) is 0 Å². The van der Waals surface area contributed by atoms with Gasteiger partial charge in [-0.15, -0.1) is 0 Å². The van der Waals surface area contributed by atoms with Gasteiger partial charge >= 0.3 is 0 Å². The summed E-state index contributed by atoms with van der Waals surface area (Å²) < 4.78 is 0. The molecule has 2 saturated carbocycles. The third-order valence-corrected chi connectivity index (χ3v) is 7.78. The maximum absolute atomic E-state index is 11.9. The van der Waals surface area contributed by atoms with Crippen LogP contribution in [0.4, 0.5) is 0 Å². The maximum atomic E-state index is 11.9. The molecule has 4 rings (SSSR count). The topological polar surface area (TPSA) is 17.1 Å². The van der Waals surface area contributed by atoms with Crippen LogP contribution < -0.4 is 0 Å². The fourth-order valence-corrected chi connectivity index (χ4v) is 6.70. The van der Waals surface area contributed by atoms with E-state index >= 15 is 0 Å². The van der Waals surface area contributed by atoms with E-state index in [1.165, 1.54) is 37.7 Å². The summed E-state index contributed by atoms with van der Waals surface area (Å²) in [4.78, 5) is 11.9. The largest absolute Gasteiger partial charge is 0.295 e. The summed E-state index contributed by atoms with van der Waals surface area (Å²) in [5, 5.41) is 0. The summed E-state index contributed by atoms with van der Waals surface area (Å²) in [6.07, 6.45) is 13.0. The zero-order valence-corrected chi connectivity index (χ0v) is 14.4. The monoisotopic (exact) mass is 298 g/mol. The number of allylic oxidation sites excluding steroid dienone is 4. The Morgan fingerprint density at radius 2 is 2.09 bits per heavy atom. The van der Waals surface area contributed by atoms with Gasteiger partial charge in [0.1, 0.15) is 0 Å². The van der Waals surface area contributed by atoms with E-state index < -0.39 is 0 Å². The molecular weight excluding hydrogens is 268 g/mol. The summed E-state index contributed by atoms with van der Waals surface area (Å²) in [5.74, 6) is 4.70. The molecule has 0 N–H and O–H groups in total. The smallest absolute Gasteiger partial charge is 0.155 e. The van der Waals surface area contributed by atoms with Crippen LogP contribution in [0.3, 0.4) is 0 Å². The van der Waals surface area contributed by atoms with E-state index in [1.54, 1.807) is 5.57 Å². The summed E-state index contributed by atoms with van der Waals surface area (Å²) in [6.45, 7) is 7.32. The van der Waals surface area contributed by atoms with Gasteiger partial charge in [-0.25, -0.2) is 0 Å².